The van der Waals surface area contributed by atoms with Crippen molar-refractivity contribution in [1.82, 2.24) is 15.5 Å². The summed E-state index contributed by atoms with van der Waals surface area (Å²) in [6, 6.07) is 7.27. The first-order valence-electron chi connectivity index (χ1n) is 8.33. The molecule has 1 aromatic heterocycles. The molecule has 3 N–H and O–H groups in total. The van der Waals surface area contributed by atoms with Gasteiger partial charge in [0.05, 0.1) is 11.1 Å². The van der Waals surface area contributed by atoms with Crippen molar-refractivity contribution in [1.29, 1.82) is 0 Å². The molecule has 128 valence electrons. The van der Waals surface area contributed by atoms with E-state index in [1.54, 1.807) is 6.07 Å². The molecule has 1 aliphatic carbocycles. The van der Waals surface area contributed by atoms with Crippen LogP contribution in [-0.4, -0.2) is 28.6 Å². The number of hydrogen-bond donors (Lipinski definition) is 2. The molecule has 0 spiro atoms. The summed E-state index contributed by atoms with van der Waals surface area (Å²) in [7, 11) is 0. The van der Waals surface area contributed by atoms with Gasteiger partial charge in [-0.25, -0.2) is 0 Å². The van der Waals surface area contributed by atoms with Gasteiger partial charge in [0.1, 0.15) is 0 Å². The van der Waals surface area contributed by atoms with Gasteiger partial charge in [0.25, 0.3) is 11.8 Å². The number of nitrogens with zero attached hydrogens (tertiary/aromatic N) is 2. The molecule has 1 amide bonds. The van der Waals surface area contributed by atoms with Crippen LogP contribution < -0.4 is 11.1 Å². The third-order valence-corrected chi connectivity index (χ3v) is 4.22. The largest absolute Gasteiger partial charge is 0.350 e. The van der Waals surface area contributed by atoms with Gasteiger partial charge in [0.15, 0.2) is 5.82 Å². The number of carbonyl (C=O) groups excluding carboxylic acids is 1. The molecule has 6 nitrogen and oxygen atoms in total. The van der Waals surface area contributed by atoms with Gasteiger partial charge in [0, 0.05) is 18.0 Å². The lowest BCUT2D eigenvalue weighted by atomic mass is 9.96. The van der Waals surface area contributed by atoms with Gasteiger partial charge in [-0.2, -0.15) is 4.98 Å². The van der Waals surface area contributed by atoms with Crippen LogP contribution in [-0.2, 0) is 5.41 Å². The van der Waals surface area contributed by atoms with E-state index in [0.29, 0.717) is 35.3 Å². The number of nitrogens with two attached hydrogens (primary N) is 1. The zero-order valence-corrected chi connectivity index (χ0v) is 14.4. The van der Waals surface area contributed by atoms with Crippen LogP contribution in [0.5, 0.6) is 0 Å². The van der Waals surface area contributed by atoms with Crippen LogP contribution in [0.1, 0.15) is 49.8 Å². The minimum Gasteiger partial charge on any atom is -0.350 e. The summed E-state index contributed by atoms with van der Waals surface area (Å²) < 4.78 is 5.38. The fourth-order valence-electron chi connectivity index (χ4n) is 2.50. The van der Waals surface area contributed by atoms with Gasteiger partial charge < -0.3 is 15.6 Å². The number of nitrogens with one attached hydrogen (secondary N) is 1. The fourth-order valence-corrected chi connectivity index (χ4v) is 2.50. The first kappa shape index (κ1) is 16.6. The average Bonchev–Trinajstić information content (AvgIpc) is 3.27. The van der Waals surface area contributed by atoms with Crippen molar-refractivity contribution in [3.05, 3.63) is 35.7 Å². The van der Waals surface area contributed by atoms with Crippen molar-refractivity contribution in [3.8, 4) is 11.5 Å². The first-order chi connectivity index (χ1) is 11.4. The maximum atomic E-state index is 12.5. The molecule has 1 unspecified atom stereocenters. The Bertz CT molecular complexity index is 729. The Morgan fingerprint density at radius 2 is 2.08 bits per heavy atom. The van der Waals surface area contributed by atoms with Crippen LogP contribution in [0.3, 0.4) is 0 Å². The Kier molecular flexibility index (Phi) is 4.41. The van der Waals surface area contributed by atoms with Gasteiger partial charge >= 0.3 is 0 Å². The van der Waals surface area contributed by atoms with Gasteiger partial charge in [0.2, 0.25) is 0 Å². The standard InChI is InChI=1S/C18H24N4O2/c1-18(2,3)17-21-16(24-22-17)13-7-5-4-6-12(13)15(23)20-10-14(19)11-8-9-11/h4-7,11,14H,8-10,19H2,1-3H3,(H,20,23). The maximum Gasteiger partial charge on any atom is 0.258 e. The Balaban J connectivity index is 1.79. The Hall–Kier alpha value is -2.21. The van der Waals surface area contributed by atoms with E-state index in [1.807, 2.05) is 39.0 Å². The minimum absolute atomic E-state index is 0.0250. The first-order valence-corrected chi connectivity index (χ1v) is 8.33. The van der Waals surface area contributed by atoms with Crippen molar-refractivity contribution < 1.29 is 9.32 Å². The Morgan fingerprint density at radius 3 is 2.71 bits per heavy atom. The van der Waals surface area contributed by atoms with Crippen molar-refractivity contribution in [2.24, 2.45) is 11.7 Å². The molecule has 1 aliphatic rings. The normalized spacial score (nSPS) is 16.0. The van der Waals surface area contributed by atoms with E-state index in [0.717, 1.165) is 12.8 Å². The van der Waals surface area contributed by atoms with Crippen molar-refractivity contribution >= 4 is 5.91 Å². The zero-order chi connectivity index (χ0) is 17.3. The number of carbonyl (C=O) groups is 1. The molecule has 1 atom stereocenters. The molecular weight excluding hydrogens is 304 g/mol. The highest BCUT2D eigenvalue weighted by Gasteiger charge is 2.29. The summed E-state index contributed by atoms with van der Waals surface area (Å²) >= 11 is 0. The van der Waals surface area contributed by atoms with Crippen LogP contribution in [0.4, 0.5) is 0 Å². The molecule has 1 saturated carbocycles. The van der Waals surface area contributed by atoms with Crippen LogP contribution in [0, 0.1) is 5.92 Å². The van der Waals surface area contributed by atoms with Crippen molar-refractivity contribution in [2.45, 2.75) is 45.1 Å². The third kappa shape index (κ3) is 3.64. The van der Waals surface area contributed by atoms with Gasteiger partial charge in [-0.3, -0.25) is 4.79 Å². The summed E-state index contributed by atoms with van der Waals surface area (Å²) in [6.07, 6.45) is 2.32. The van der Waals surface area contributed by atoms with E-state index in [1.165, 1.54) is 0 Å². The van der Waals surface area contributed by atoms with Gasteiger partial charge in [-0.15, -0.1) is 0 Å². The molecule has 0 radical (unpaired) electrons. The van der Waals surface area contributed by atoms with Gasteiger partial charge in [-0.05, 0) is 30.9 Å². The predicted octanol–water partition coefficient (Wildman–Crippen LogP) is 2.50. The average molecular weight is 328 g/mol. The lowest BCUT2D eigenvalue weighted by molar-refractivity contribution is 0.0950. The quantitative estimate of drug-likeness (QED) is 0.879. The third-order valence-electron chi connectivity index (χ3n) is 4.22. The van der Waals surface area contributed by atoms with E-state index in [2.05, 4.69) is 15.5 Å². The highest BCUT2D eigenvalue weighted by molar-refractivity contribution is 5.99. The SMILES string of the molecule is CC(C)(C)c1noc(-c2ccccc2C(=O)NCC(N)C2CC2)n1. The highest BCUT2D eigenvalue weighted by Crippen LogP contribution is 2.31. The molecule has 1 aromatic carbocycles. The summed E-state index contributed by atoms with van der Waals surface area (Å²) in [5.41, 5.74) is 6.99. The smallest absolute Gasteiger partial charge is 0.258 e. The van der Waals surface area contributed by atoms with E-state index < -0.39 is 0 Å². The number of aromatic nitrogens is 2. The number of benzene rings is 1. The van der Waals surface area contributed by atoms with Crippen LogP contribution in [0.15, 0.2) is 28.8 Å². The molecule has 0 bridgehead atoms. The second-order valence-electron chi connectivity index (χ2n) is 7.43. The second-order valence-corrected chi connectivity index (χ2v) is 7.43. The monoisotopic (exact) mass is 328 g/mol. The number of amides is 1. The number of rotatable bonds is 5. The summed E-state index contributed by atoms with van der Waals surface area (Å²) in [5.74, 6) is 1.35. The lowest BCUT2D eigenvalue weighted by Crippen LogP contribution is -2.38. The Morgan fingerprint density at radius 1 is 1.38 bits per heavy atom. The summed E-state index contributed by atoms with van der Waals surface area (Å²) in [6.45, 7) is 6.52. The lowest BCUT2D eigenvalue weighted by Gasteiger charge is -2.13. The molecule has 6 heteroatoms. The van der Waals surface area contributed by atoms with Crippen LogP contribution in [0.25, 0.3) is 11.5 Å². The molecule has 2 aromatic rings. The zero-order valence-electron chi connectivity index (χ0n) is 14.4. The molecular formula is C18H24N4O2. The maximum absolute atomic E-state index is 12.5. The second kappa shape index (κ2) is 6.36. The van der Waals surface area contributed by atoms with Crippen LogP contribution in [0.2, 0.25) is 0 Å². The van der Waals surface area contributed by atoms with E-state index >= 15 is 0 Å². The van der Waals surface area contributed by atoms with Crippen LogP contribution >= 0.6 is 0 Å². The fraction of sp³-hybridized carbons (Fsp3) is 0.500. The van der Waals surface area contributed by atoms with Gasteiger partial charge in [-0.1, -0.05) is 38.1 Å². The molecule has 0 saturated heterocycles. The van der Waals surface area contributed by atoms with E-state index in [9.17, 15) is 4.79 Å². The Labute approximate surface area is 141 Å². The summed E-state index contributed by atoms with van der Waals surface area (Å²) in [5, 5.41) is 6.95. The van der Waals surface area contributed by atoms with E-state index in [4.69, 9.17) is 10.3 Å². The molecule has 0 aliphatic heterocycles. The summed E-state index contributed by atoms with van der Waals surface area (Å²) in [4.78, 5) is 17.0. The highest BCUT2D eigenvalue weighted by atomic mass is 16.5. The molecule has 1 heterocycles. The predicted molar refractivity (Wildman–Crippen MR) is 91.5 cm³/mol. The minimum atomic E-state index is -0.212. The van der Waals surface area contributed by atoms with Crippen molar-refractivity contribution in [2.75, 3.05) is 6.54 Å². The molecule has 24 heavy (non-hydrogen) atoms. The van der Waals surface area contributed by atoms with Crippen molar-refractivity contribution in [3.63, 3.8) is 0 Å². The van der Waals surface area contributed by atoms with E-state index in [-0.39, 0.29) is 17.4 Å². The topological polar surface area (TPSA) is 94.0 Å². The number of hydrogen-bond acceptors (Lipinski definition) is 5. The molecule has 1 fully saturated rings. The molecule has 3 rings (SSSR count).